The number of imide groups is 1. The summed E-state index contributed by atoms with van der Waals surface area (Å²) in [6.45, 7) is 3.99. The molecule has 5 rings (SSSR count). The monoisotopic (exact) mass is 508 g/mol. The van der Waals surface area contributed by atoms with Gasteiger partial charge in [0.2, 0.25) is 11.8 Å². The average molecular weight is 509 g/mol. The maximum absolute atomic E-state index is 14.2. The van der Waals surface area contributed by atoms with Crippen LogP contribution in [0.2, 0.25) is 0 Å². The van der Waals surface area contributed by atoms with Crippen molar-refractivity contribution in [2.45, 2.75) is 44.7 Å². The summed E-state index contributed by atoms with van der Waals surface area (Å²) in [7, 11) is 0. The zero-order chi connectivity index (χ0) is 26.9. The third kappa shape index (κ3) is 4.25. The van der Waals surface area contributed by atoms with Crippen molar-refractivity contribution in [1.82, 2.24) is 5.32 Å². The summed E-state index contributed by atoms with van der Waals surface area (Å²) < 4.78 is 0. The first kappa shape index (κ1) is 25.6. The summed E-state index contributed by atoms with van der Waals surface area (Å²) in [6.07, 6.45) is 5.11. The third-order valence-electron chi connectivity index (χ3n) is 7.88. The molecule has 2 saturated heterocycles. The number of hydrogen-bond acceptors (Lipinski definition) is 4. The third-order valence-corrected chi connectivity index (χ3v) is 7.88. The molecule has 6 nitrogen and oxygen atoms in total. The normalized spacial score (nSPS) is 24.8. The van der Waals surface area contributed by atoms with Crippen molar-refractivity contribution in [3.05, 3.63) is 107 Å². The summed E-state index contributed by atoms with van der Waals surface area (Å²) in [4.78, 5) is 42.8. The Hall–Kier alpha value is -4.03. The molecule has 2 amide bonds. The first-order chi connectivity index (χ1) is 18.4. The van der Waals surface area contributed by atoms with Crippen LogP contribution in [0.15, 0.2) is 84.9 Å². The standard InChI is InChI=1S/C32H32N2O4/c1-3-23-16-11-17-24(4-2)28(23)34-29(35)26-25(19-18-21-12-7-5-8-13-21)33-32(31(37)38,27(26)30(34)36)20-22-14-9-6-10-15-22/h5-19,25-27,33H,3-4,20H2,1-2H3,(H,37,38). The van der Waals surface area contributed by atoms with Gasteiger partial charge in [-0.1, -0.05) is 105 Å². The van der Waals surface area contributed by atoms with Crippen LogP contribution in [0.3, 0.4) is 0 Å². The molecule has 194 valence electrons. The fraction of sp³-hybridized carbons (Fsp3) is 0.281. The Morgan fingerprint density at radius 3 is 2.08 bits per heavy atom. The largest absolute Gasteiger partial charge is 0.480 e. The van der Waals surface area contributed by atoms with Crippen molar-refractivity contribution >= 4 is 29.5 Å². The Balaban J connectivity index is 1.65. The number of aryl methyl sites for hydroxylation is 2. The van der Waals surface area contributed by atoms with Gasteiger partial charge in [0, 0.05) is 12.5 Å². The van der Waals surface area contributed by atoms with Crippen LogP contribution in [0.5, 0.6) is 0 Å². The number of para-hydroxylation sites is 1. The van der Waals surface area contributed by atoms with E-state index in [1.54, 1.807) is 0 Å². The number of aliphatic carboxylic acids is 1. The lowest BCUT2D eigenvalue weighted by Crippen LogP contribution is -2.58. The Kier molecular flexibility index (Phi) is 7.00. The lowest BCUT2D eigenvalue weighted by Gasteiger charge is -2.31. The molecule has 0 saturated carbocycles. The summed E-state index contributed by atoms with van der Waals surface area (Å²) in [6, 6.07) is 24.1. The molecule has 2 N–H and O–H groups in total. The minimum atomic E-state index is -1.63. The molecule has 0 radical (unpaired) electrons. The first-order valence-electron chi connectivity index (χ1n) is 13.2. The Morgan fingerprint density at radius 1 is 0.895 bits per heavy atom. The van der Waals surface area contributed by atoms with E-state index in [1.807, 2.05) is 105 Å². The smallest absolute Gasteiger partial charge is 0.325 e. The van der Waals surface area contributed by atoms with Gasteiger partial charge in [0.1, 0.15) is 5.54 Å². The van der Waals surface area contributed by atoms with Gasteiger partial charge in [0.05, 0.1) is 17.5 Å². The van der Waals surface area contributed by atoms with Gasteiger partial charge < -0.3 is 5.11 Å². The van der Waals surface area contributed by atoms with Crippen molar-refractivity contribution in [1.29, 1.82) is 0 Å². The zero-order valence-corrected chi connectivity index (χ0v) is 21.6. The predicted molar refractivity (Wildman–Crippen MR) is 148 cm³/mol. The number of nitrogens with one attached hydrogen (secondary N) is 1. The summed E-state index contributed by atoms with van der Waals surface area (Å²) in [5.41, 5.74) is 2.51. The molecule has 4 atom stereocenters. The molecule has 6 heteroatoms. The van der Waals surface area contributed by atoms with E-state index in [1.165, 1.54) is 4.90 Å². The van der Waals surface area contributed by atoms with Crippen LogP contribution >= 0.6 is 0 Å². The van der Waals surface area contributed by atoms with Gasteiger partial charge in [-0.2, -0.15) is 0 Å². The van der Waals surface area contributed by atoms with Gasteiger partial charge in [-0.05, 0) is 35.1 Å². The predicted octanol–water partition coefficient (Wildman–Crippen LogP) is 4.67. The van der Waals surface area contributed by atoms with Gasteiger partial charge in [0.15, 0.2) is 0 Å². The molecule has 3 aromatic carbocycles. The second-order valence-electron chi connectivity index (χ2n) is 10.0. The van der Waals surface area contributed by atoms with Crippen LogP contribution in [-0.2, 0) is 33.6 Å². The number of hydrogen-bond donors (Lipinski definition) is 2. The molecule has 0 aromatic heterocycles. The SMILES string of the molecule is CCc1cccc(CC)c1N1C(=O)C2C(C=Cc3ccccc3)NC(Cc3ccccc3)(C(=O)O)C2C1=O. The van der Waals surface area contributed by atoms with E-state index in [4.69, 9.17) is 0 Å². The van der Waals surface area contributed by atoms with E-state index in [-0.39, 0.29) is 12.3 Å². The summed E-state index contributed by atoms with van der Waals surface area (Å²) in [5.74, 6) is -3.81. The molecule has 38 heavy (non-hydrogen) atoms. The van der Waals surface area contributed by atoms with Gasteiger partial charge >= 0.3 is 5.97 Å². The van der Waals surface area contributed by atoms with Crippen molar-refractivity contribution in [2.24, 2.45) is 11.8 Å². The van der Waals surface area contributed by atoms with Crippen LogP contribution < -0.4 is 10.2 Å². The molecule has 4 unspecified atom stereocenters. The molecule has 2 fully saturated rings. The highest BCUT2D eigenvalue weighted by Crippen LogP contribution is 2.47. The topological polar surface area (TPSA) is 86.7 Å². The lowest BCUT2D eigenvalue weighted by molar-refractivity contribution is -0.148. The van der Waals surface area contributed by atoms with Crippen molar-refractivity contribution in [2.75, 3.05) is 4.90 Å². The van der Waals surface area contributed by atoms with E-state index < -0.39 is 35.3 Å². The van der Waals surface area contributed by atoms with Crippen LogP contribution in [-0.4, -0.2) is 34.5 Å². The van der Waals surface area contributed by atoms with Crippen LogP contribution in [0.1, 0.15) is 36.1 Å². The Labute approximate surface area is 223 Å². The minimum Gasteiger partial charge on any atom is -0.480 e. The first-order valence-corrected chi connectivity index (χ1v) is 13.2. The zero-order valence-electron chi connectivity index (χ0n) is 21.6. The summed E-state index contributed by atoms with van der Waals surface area (Å²) in [5, 5.41) is 13.9. The molecule has 2 aliphatic rings. The van der Waals surface area contributed by atoms with Crippen LogP contribution in [0.25, 0.3) is 6.08 Å². The Bertz CT molecular complexity index is 1360. The second kappa shape index (κ2) is 10.4. The molecule has 2 aliphatic heterocycles. The highest BCUT2D eigenvalue weighted by atomic mass is 16.4. The fourth-order valence-corrected chi connectivity index (χ4v) is 6.07. The number of fused-ring (bicyclic) bond motifs is 1. The number of benzene rings is 3. The number of carbonyl (C=O) groups is 3. The molecule has 3 aromatic rings. The maximum Gasteiger partial charge on any atom is 0.325 e. The number of carbonyl (C=O) groups excluding carboxylic acids is 2. The highest BCUT2D eigenvalue weighted by Gasteiger charge is 2.68. The van der Waals surface area contributed by atoms with E-state index in [2.05, 4.69) is 5.32 Å². The summed E-state index contributed by atoms with van der Waals surface area (Å²) >= 11 is 0. The number of rotatable bonds is 8. The van der Waals surface area contributed by atoms with Gasteiger partial charge in [-0.25, -0.2) is 4.90 Å². The molecule has 0 spiro atoms. The van der Waals surface area contributed by atoms with Gasteiger partial charge in [0.25, 0.3) is 0 Å². The van der Waals surface area contributed by atoms with Crippen molar-refractivity contribution < 1.29 is 19.5 Å². The minimum absolute atomic E-state index is 0.0862. The molecule has 0 bridgehead atoms. The Morgan fingerprint density at radius 2 is 1.50 bits per heavy atom. The highest BCUT2D eigenvalue weighted by molar-refractivity contribution is 6.25. The second-order valence-corrected chi connectivity index (χ2v) is 10.0. The van der Waals surface area contributed by atoms with E-state index in [9.17, 15) is 19.5 Å². The quantitative estimate of drug-likeness (QED) is 0.432. The molecular formula is C32H32N2O4. The number of nitrogens with zero attached hydrogens (tertiary/aromatic N) is 1. The van der Waals surface area contributed by atoms with Crippen LogP contribution in [0, 0.1) is 11.8 Å². The number of amides is 2. The average Bonchev–Trinajstić information content (AvgIpc) is 3.41. The van der Waals surface area contributed by atoms with Gasteiger partial charge in [-0.3, -0.25) is 19.7 Å². The number of carboxylic acids is 1. The van der Waals surface area contributed by atoms with E-state index in [0.717, 1.165) is 22.3 Å². The maximum atomic E-state index is 14.2. The van der Waals surface area contributed by atoms with Crippen molar-refractivity contribution in [3.63, 3.8) is 0 Å². The number of anilines is 1. The molecule has 2 heterocycles. The number of carboxylic acid groups (broad SMARTS) is 1. The van der Waals surface area contributed by atoms with E-state index >= 15 is 0 Å². The van der Waals surface area contributed by atoms with Crippen LogP contribution in [0.4, 0.5) is 5.69 Å². The van der Waals surface area contributed by atoms with Gasteiger partial charge in [-0.15, -0.1) is 0 Å². The molecule has 0 aliphatic carbocycles. The lowest BCUT2D eigenvalue weighted by atomic mass is 9.76. The fourth-order valence-electron chi connectivity index (χ4n) is 6.07. The molecular weight excluding hydrogens is 476 g/mol. The van der Waals surface area contributed by atoms with Crippen molar-refractivity contribution in [3.8, 4) is 0 Å². The van der Waals surface area contributed by atoms with E-state index in [0.29, 0.717) is 18.5 Å².